The van der Waals surface area contributed by atoms with E-state index in [0.717, 1.165) is 11.8 Å². The standard InChI is InChI=1S/C19H20N2O5S2/c1-4-12-20-28(25,26)18-7-5-6-16(13-18)19(22)21(2)14-15-8-10-17(11-9-15)27(3,23)24/h1,5-11,13,20H,12,14H2,2-3H3. The molecule has 0 saturated heterocycles. The van der Waals surface area contributed by atoms with Gasteiger partial charge >= 0.3 is 0 Å². The van der Waals surface area contributed by atoms with E-state index >= 15 is 0 Å². The van der Waals surface area contributed by atoms with Crippen LogP contribution in [0, 0.1) is 12.3 Å². The quantitative estimate of drug-likeness (QED) is 0.680. The van der Waals surface area contributed by atoms with Crippen molar-refractivity contribution in [2.45, 2.75) is 16.3 Å². The SMILES string of the molecule is C#CCNS(=O)(=O)c1cccc(C(=O)N(C)Cc2ccc(S(C)(=O)=O)cc2)c1. The smallest absolute Gasteiger partial charge is 0.253 e. The molecular weight excluding hydrogens is 400 g/mol. The number of nitrogens with zero attached hydrogens (tertiary/aromatic N) is 1. The van der Waals surface area contributed by atoms with Crippen LogP contribution in [0.25, 0.3) is 0 Å². The van der Waals surface area contributed by atoms with Gasteiger partial charge in [0.2, 0.25) is 10.0 Å². The van der Waals surface area contributed by atoms with Crippen LogP contribution in [-0.4, -0.2) is 47.5 Å². The van der Waals surface area contributed by atoms with E-state index in [1.165, 1.54) is 41.3 Å². The van der Waals surface area contributed by atoms with Gasteiger partial charge in [-0.3, -0.25) is 4.79 Å². The van der Waals surface area contributed by atoms with Crippen molar-refractivity contribution in [2.24, 2.45) is 0 Å². The minimum atomic E-state index is -3.80. The summed E-state index contributed by atoms with van der Waals surface area (Å²) in [6.45, 7) is 0.0824. The van der Waals surface area contributed by atoms with E-state index in [-0.39, 0.29) is 34.4 Å². The number of sulfonamides is 1. The first-order valence-electron chi connectivity index (χ1n) is 8.12. The molecule has 0 aromatic heterocycles. The summed E-state index contributed by atoms with van der Waals surface area (Å²) < 4.78 is 49.6. The van der Waals surface area contributed by atoms with Crippen molar-refractivity contribution in [2.75, 3.05) is 19.8 Å². The molecule has 0 heterocycles. The van der Waals surface area contributed by atoms with Gasteiger partial charge in [-0.05, 0) is 35.9 Å². The monoisotopic (exact) mass is 420 g/mol. The minimum Gasteiger partial charge on any atom is -0.337 e. The zero-order valence-electron chi connectivity index (χ0n) is 15.4. The third-order valence-corrected chi connectivity index (χ3v) is 6.40. The Balaban J connectivity index is 2.17. The van der Waals surface area contributed by atoms with Gasteiger partial charge in [-0.25, -0.2) is 16.8 Å². The van der Waals surface area contributed by atoms with Gasteiger partial charge in [0.25, 0.3) is 5.91 Å². The zero-order chi connectivity index (χ0) is 20.9. The highest BCUT2D eigenvalue weighted by atomic mass is 32.2. The number of nitrogens with one attached hydrogen (secondary N) is 1. The Morgan fingerprint density at radius 3 is 2.29 bits per heavy atom. The minimum absolute atomic E-state index is 0.0560. The number of carbonyl (C=O) groups is 1. The fourth-order valence-electron chi connectivity index (χ4n) is 2.42. The van der Waals surface area contributed by atoms with Crippen LogP contribution < -0.4 is 4.72 Å². The highest BCUT2D eigenvalue weighted by Gasteiger charge is 2.18. The van der Waals surface area contributed by atoms with E-state index in [1.807, 2.05) is 0 Å². The van der Waals surface area contributed by atoms with Crippen LogP contribution in [0.2, 0.25) is 0 Å². The second kappa shape index (κ2) is 8.56. The molecule has 0 bridgehead atoms. The van der Waals surface area contributed by atoms with Gasteiger partial charge in [0, 0.05) is 25.4 Å². The van der Waals surface area contributed by atoms with Crippen LogP contribution >= 0.6 is 0 Å². The van der Waals surface area contributed by atoms with Crippen molar-refractivity contribution >= 4 is 25.8 Å². The normalized spacial score (nSPS) is 11.6. The summed E-state index contributed by atoms with van der Waals surface area (Å²) in [5, 5.41) is 0. The van der Waals surface area contributed by atoms with Gasteiger partial charge in [-0.1, -0.05) is 24.1 Å². The van der Waals surface area contributed by atoms with E-state index < -0.39 is 19.9 Å². The largest absolute Gasteiger partial charge is 0.337 e. The number of sulfone groups is 1. The Morgan fingerprint density at radius 2 is 1.71 bits per heavy atom. The van der Waals surface area contributed by atoms with Crippen LogP contribution in [0.4, 0.5) is 0 Å². The number of carbonyl (C=O) groups excluding carboxylic acids is 1. The van der Waals surface area contributed by atoms with Crippen molar-refractivity contribution in [3.8, 4) is 12.3 Å². The van der Waals surface area contributed by atoms with Gasteiger partial charge in [0.15, 0.2) is 9.84 Å². The van der Waals surface area contributed by atoms with E-state index in [2.05, 4.69) is 10.6 Å². The lowest BCUT2D eigenvalue weighted by atomic mass is 10.1. The number of rotatable bonds is 7. The summed E-state index contributed by atoms with van der Waals surface area (Å²) in [6.07, 6.45) is 6.19. The lowest BCUT2D eigenvalue weighted by molar-refractivity contribution is 0.0785. The second-order valence-corrected chi connectivity index (χ2v) is 9.92. The van der Waals surface area contributed by atoms with E-state index in [4.69, 9.17) is 6.42 Å². The van der Waals surface area contributed by atoms with Crippen molar-refractivity contribution in [1.29, 1.82) is 0 Å². The molecule has 148 valence electrons. The molecule has 2 rings (SSSR count). The molecule has 0 atom stereocenters. The Hall–Kier alpha value is -2.67. The Bertz CT molecular complexity index is 1120. The van der Waals surface area contributed by atoms with Crippen LogP contribution in [0.15, 0.2) is 58.3 Å². The predicted octanol–water partition coefficient (Wildman–Crippen LogP) is 1.27. The fourth-order valence-corrected chi connectivity index (χ4v) is 4.03. The van der Waals surface area contributed by atoms with Crippen molar-refractivity contribution in [3.63, 3.8) is 0 Å². The molecule has 0 spiro atoms. The first-order valence-corrected chi connectivity index (χ1v) is 11.5. The molecule has 28 heavy (non-hydrogen) atoms. The molecule has 0 aliphatic rings. The number of hydrogen-bond acceptors (Lipinski definition) is 5. The lowest BCUT2D eigenvalue weighted by Gasteiger charge is -2.18. The number of terminal acetylenes is 1. The lowest BCUT2D eigenvalue weighted by Crippen LogP contribution is -2.27. The average molecular weight is 421 g/mol. The van der Waals surface area contributed by atoms with E-state index in [0.29, 0.717) is 0 Å². The molecule has 2 aromatic carbocycles. The summed E-state index contributed by atoms with van der Waals surface area (Å²) in [5.41, 5.74) is 0.946. The van der Waals surface area contributed by atoms with E-state index in [9.17, 15) is 21.6 Å². The van der Waals surface area contributed by atoms with Crippen LogP contribution in [0.3, 0.4) is 0 Å². The summed E-state index contributed by atoms with van der Waals surface area (Å²) >= 11 is 0. The molecule has 1 N–H and O–H groups in total. The van der Waals surface area contributed by atoms with Gasteiger partial charge in [-0.15, -0.1) is 6.42 Å². The average Bonchev–Trinajstić information content (AvgIpc) is 2.65. The highest BCUT2D eigenvalue weighted by molar-refractivity contribution is 7.90. The first-order chi connectivity index (χ1) is 13.0. The molecule has 0 unspecified atom stereocenters. The number of hydrogen-bond donors (Lipinski definition) is 1. The molecule has 0 fully saturated rings. The summed E-state index contributed by atoms with van der Waals surface area (Å²) in [4.78, 5) is 14.2. The van der Waals surface area contributed by atoms with Crippen LogP contribution in [-0.2, 0) is 26.4 Å². The maximum absolute atomic E-state index is 12.7. The van der Waals surface area contributed by atoms with Gasteiger partial charge < -0.3 is 4.90 Å². The fraction of sp³-hybridized carbons (Fsp3) is 0.211. The maximum Gasteiger partial charge on any atom is 0.253 e. The maximum atomic E-state index is 12.7. The van der Waals surface area contributed by atoms with Crippen LogP contribution in [0.1, 0.15) is 15.9 Å². The molecular formula is C19H20N2O5S2. The molecule has 0 aliphatic heterocycles. The first kappa shape index (κ1) is 21.6. The van der Waals surface area contributed by atoms with Gasteiger partial charge in [0.05, 0.1) is 16.3 Å². The molecule has 9 heteroatoms. The highest BCUT2D eigenvalue weighted by Crippen LogP contribution is 2.15. The molecule has 0 saturated carbocycles. The van der Waals surface area contributed by atoms with Gasteiger partial charge in [0.1, 0.15) is 0 Å². The van der Waals surface area contributed by atoms with Crippen molar-refractivity contribution in [1.82, 2.24) is 9.62 Å². The molecule has 1 amide bonds. The second-order valence-electron chi connectivity index (χ2n) is 6.13. The van der Waals surface area contributed by atoms with Crippen LogP contribution in [0.5, 0.6) is 0 Å². The molecule has 2 aromatic rings. The van der Waals surface area contributed by atoms with Crippen molar-refractivity contribution < 1.29 is 21.6 Å². The molecule has 0 aliphatic carbocycles. The summed E-state index contributed by atoms with van der Waals surface area (Å²) in [5.74, 6) is 1.81. The van der Waals surface area contributed by atoms with E-state index in [1.54, 1.807) is 19.2 Å². The Kier molecular flexibility index (Phi) is 6.61. The Labute approximate surface area is 165 Å². The summed E-state index contributed by atoms with van der Waals surface area (Å²) in [7, 11) is -5.52. The predicted molar refractivity (Wildman–Crippen MR) is 106 cm³/mol. The number of benzene rings is 2. The summed E-state index contributed by atoms with van der Waals surface area (Å²) in [6, 6.07) is 11.9. The third-order valence-electron chi connectivity index (χ3n) is 3.87. The van der Waals surface area contributed by atoms with Crippen molar-refractivity contribution in [3.05, 3.63) is 59.7 Å². The topological polar surface area (TPSA) is 101 Å². The Morgan fingerprint density at radius 1 is 1.07 bits per heavy atom. The zero-order valence-corrected chi connectivity index (χ0v) is 17.0. The molecule has 0 radical (unpaired) electrons. The van der Waals surface area contributed by atoms with Gasteiger partial charge in [-0.2, -0.15) is 4.72 Å². The molecule has 7 nitrogen and oxygen atoms in total. The third kappa shape index (κ3) is 5.42. The number of amides is 1.